The molecule has 0 aromatic carbocycles. The van der Waals surface area contributed by atoms with Gasteiger partial charge in [0.05, 0.1) is 11.2 Å². The van der Waals surface area contributed by atoms with Gasteiger partial charge in [0.15, 0.2) is 0 Å². The van der Waals surface area contributed by atoms with Crippen molar-refractivity contribution in [2.24, 2.45) is 0 Å². The average Bonchev–Trinajstić information content (AvgIpc) is 2.35. The summed E-state index contributed by atoms with van der Waals surface area (Å²) in [5.74, 6) is -0.00485. The zero-order valence-corrected chi connectivity index (χ0v) is 7.75. The van der Waals surface area contributed by atoms with Crippen LogP contribution in [0.2, 0.25) is 5.02 Å². The molecule has 0 aliphatic rings. The van der Waals surface area contributed by atoms with E-state index in [1.165, 1.54) is 15.8 Å². The normalized spacial score (nSPS) is 9.92. The standard InChI is InChI=1S/C7H10ClN3O/c1-10(2)7(12)5-11-4-6(8)3-9-11/h3-4H,5H2,1-2H3. The summed E-state index contributed by atoms with van der Waals surface area (Å²) in [5.41, 5.74) is 0. The van der Waals surface area contributed by atoms with Gasteiger partial charge in [-0.15, -0.1) is 0 Å². The van der Waals surface area contributed by atoms with Crippen LogP contribution in [0.1, 0.15) is 0 Å². The van der Waals surface area contributed by atoms with Gasteiger partial charge >= 0.3 is 0 Å². The average molecular weight is 188 g/mol. The first-order valence-corrected chi connectivity index (χ1v) is 3.85. The molecule has 1 heterocycles. The van der Waals surface area contributed by atoms with Crippen molar-refractivity contribution < 1.29 is 4.79 Å². The number of amides is 1. The highest BCUT2D eigenvalue weighted by Gasteiger charge is 2.05. The minimum atomic E-state index is -0.00485. The van der Waals surface area contributed by atoms with Crippen molar-refractivity contribution in [1.82, 2.24) is 14.7 Å². The molecule has 4 nitrogen and oxygen atoms in total. The van der Waals surface area contributed by atoms with Crippen molar-refractivity contribution in [1.29, 1.82) is 0 Å². The molecule has 0 saturated carbocycles. The fourth-order valence-electron chi connectivity index (χ4n) is 0.705. The Hall–Kier alpha value is -1.03. The van der Waals surface area contributed by atoms with Gasteiger partial charge in [0, 0.05) is 20.3 Å². The van der Waals surface area contributed by atoms with Crippen LogP contribution in [0.5, 0.6) is 0 Å². The highest BCUT2D eigenvalue weighted by Crippen LogP contribution is 2.04. The Kier molecular flexibility index (Phi) is 2.70. The molecule has 0 radical (unpaired) electrons. The van der Waals surface area contributed by atoms with E-state index in [-0.39, 0.29) is 12.5 Å². The first kappa shape index (κ1) is 9.06. The van der Waals surface area contributed by atoms with E-state index in [4.69, 9.17) is 11.6 Å². The number of hydrogen-bond acceptors (Lipinski definition) is 2. The lowest BCUT2D eigenvalue weighted by Crippen LogP contribution is -2.26. The van der Waals surface area contributed by atoms with Crippen LogP contribution in [-0.4, -0.2) is 34.7 Å². The van der Waals surface area contributed by atoms with Gasteiger partial charge in [-0.3, -0.25) is 9.48 Å². The number of rotatable bonds is 2. The molecule has 0 aliphatic carbocycles. The molecule has 0 aliphatic heterocycles. The Morgan fingerprint density at radius 3 is 2.83 bits per heavy atom. The molecule has 12 heavy (non-hydrogen) atoms. The zero-order valence-electron chi connectivity index (χ0n) is 6.99. The topological polar surface area (TPSA) is 38.1 Å². The monoisotopic (exact) mass is 187 g/mol. The quantitative estimate of drug-likeness (QED) is 0.681. The molecule has 1 aromatic heterocycles. The summed E-state index contributed by atoms with van der Waals surface area (Å²) < 4.78 is 1.50. The summed E-state index contributed by atoms with van der Waals surface area (Å²) in [4.78, 5) is 12.7. The zero-order chi connectivity index (χ0) is 9.14. The predicted molar refractivity (Wildman–Crippen MR) is 45.9 cm³/mol. The molecule has 0 atom stereocenters. The van der Waals surface area contributed by atoms with Crippen molar-refractivity contribution in [2.75, 3.05) is 14.1 Å². The lowest BCUT2D eigenvalue weighted by molar-refractivity contribution is -0.129. The predicted octanol–water partition coefficient (Wildman–Crippen LogP) is 0.625. The van der Waals surface area contributed by atoms with E-state index >= 15 is 0 Å². The summed E-state index contributed by atoms with van der Waals surface area (Å²) in [5, 5.41) is 4.42. The van der Waals surface area contributed by atoms with E-state index in [2.05, 4.69) is 5.10 Å². The molecule has 5 heteroatoms. The first-order chi connectivity index (χ1) is 5.59. The van der Waals surface area contributed by atoms with Crippen LogP contribution >= 0.6 is 11.6 Å². The minimum Gasteiger partial charge on any atom is -0.347 e. The van der Waals surface area contributed by atoms with Crippen molar-refractivity contribution in [2.45, 2.75) is 6.54 Å². The van der Waals surface area contributed by atoms with Crippen LogP contribution in [-0.2, 0) is 11.3 Å². The second-order valence-corrected chi connectivity index (χ2v) is 3.08. The van der Waals surface area contributed by atoms with E-state index in [9.17, 15) is 4.79 Å². The maximum Gasteiger partial charge on any atom is 0.243 e. The summed E-state index contributed by atoms with van der Waals surface area (Å²) >= 11 is 5.62. The maximum atomic E-state index is 11.1. The molecule has 66 valence electrons. The van der Waals surface area contributed by atoms with Crippen molar-refractivity contribution in [3.8, 4) is 0 Å². The van der Waals surface area contributed by atoms with Crippen LogP contribution in [0.15, 0.2) is 12.4 Å². The second-order valence-electron chi connectivity index (χ2n) is 2.64. The van der Waals surface area contributed by atoms with Gasteiger partial charge < -0.3 is 4.90 Å². The van der Waals surface area contributed by atoms with Crippen LogP contribution < -0.4 is 0 Å². The third kappa shape index (κ3) is 2.23. The Balaban J connectivity index is 2.58. The molecular formula is C7H10ClN3O. The third-order valence-electron chi connectivity index (χ3n) is 1.40. The third-order valence-corrected chi connectivity index (χ3v) is 1.59. The van der Waals surface area contributed by atoms with Gasteiger partial charge in [0.25, 0.3) is 0 Å². The van der Waals surface area contributed by atoms with Gasteiger partial charge in [-0.1, -0.05) is 11.6 Å². The fraction of sp³-hybridized carbons (Fsp3) is 0.429. The van der Waals surface area contributed by atoms with E-state index in [1.807, 2.05) is 0 Å². The lowest BCUT2D eigenvalue weighted by atomic mass is 10.5. The number of likely N-dealkylation sites (N-methyl/N-ethyl adjacent to an activating group) is 1. The summed E-state index contributed by atoms with van der Waals surface area (Å²) in [7, 11) is 3.40. The molecule has 0 fully saturated rings. The summed E-state index contributed by atoms with van der Waals surface area (Å²) in [6.45, 7) is 0.236. The smallest absolute Gasteiger partial charge is 0.243 e. The molecule has 0 N–H and O–H groups in total. The SMILES string of the molecule is CN(C)C(=O)Cn1cc(Cl)cn1. The molecule has 0 unspecified atom stereocenters. The summed E-state index contributed by atoms with van der Waals surface area (Å²) in [6, 6.07) is 0. The first-order valence-electron chi connectivity index (χ1n) is 3.47. The van der Waals surface area contributed by atoms with Gasteiger partial charge in [-0.05, 0) is 0 Å². The van der Waals surface area contributed by atoms with E-state index in [1.54, 1.807) is 20.3 Å². The summed E-state index contributed by atoms with van der Waals surface area (Å²) in [6.07, 6.45) is 3.12. The van der Waals surface area contributed by atoms with Gasteiger partial charge in [-0.25, -0.2) is 0 Å². The highest BCUT2D eigenvalue weighted by atomic mass is 35.5. The second kappa shape index (κ2) is 3.58. The molecule has 0 saturated heterocycles. The Morgan fingerprint density at radius 1 is 1.75 bits per heavy atom. The Bertz CT molecular complexity index is 282. The van der Waals surface area contributed by atoms with E-state index in [0.29, 0.717) is 5.02 Å². The minimum absolute atomic E-state index is 0.00485. The maximum absolute atomic E-state index is 11.1. The van der Waals surface area contributed by atoms with Crippen LogP contribution in [0.25, 0.3) is 0 Å². The molecule has 0 bridgehead atoms. The molecule has 0 spiro atoms. The molecule has 1 amide bonds. The van der Waals surface area contributed by atoms with Crippen LogP contribution in [0, 0.1) is 0 Å². The van der Waals surface area contributed by atoms with E-state index in [0.717, 1.165) is 0 Å². The van der Waals surface area contributed by atoms with Crippen molar-refractivity contribution in [3.63, 3.8) is 0 Å². The number of carbonyl (C=O) groups excluding carboxylic acids is 1. The largest absolute Gasteiger partial charge is 0.347 e. The Labute approximate surface area is 75.7 Å². The van der Waals surface area contributed by atoms with Crippen molar-refractivity contribution in [3.05, 3.63) is 17.4 Å². The number of nitrogens with zero attached hydrogens (tertiary/aromatic N) is 3. The molecule has 1 rings (SSSR count). The van der Waals surface area contributed by atoms with Gasteiger partial charge in [0.2, 0.25) is 5.91 Å². The van der Waals surface area contributed by atoms with Crippen molar-refractivity contribution >= 4 is 17.5 Å². The van der Waals surface area contributed by atoms with Crippen LogP contribution in [0.3, 0.4) is 0 Å². The lowest BCUT2D eigenvalue weighted by Gasteiger charge is -2.09. The van der Waals surface area contributed by atoms with Gasteiger partial charge in [-0.2, -0.15) is 5.10 Å². The number of carbonyl (C=O) groups is 1. The number of hydrogen-bond donors (Lipinski definition) is 0. The molecular weight excluding hydrogens is 178 g/mol. The number of halogens is 1. The Morgan fingerprint density at radius 2 is 2.42 bits per heavy atom. The molecule has 1 aromatic rings. The number of aromatic nitrogens is 2. The highest BCUT2D eigenvalue weighted by molar-refractivity contribution is 6.30. The van der Waals surface area contributed by atoms with Gasteiger partial charge in [0.1, 0.15) is 6.54 Å². The van der Waals surface area contributed by atoms with E-state index < -0.39 is 0 Å². The fourth-order valence-corrected chi connectivity index (χ4v) is 0.861. The van der Waals surface area contributed by atoms with Crippen LogP contribution in [0.4, 0.5) is 0 Å².